The molecule has 160 valence electrons. The van der Waals surface area contributed by atoms with E-state index in [0.717, 1.165) is 17.7 Å². The summed E-state index contributed by atoms with van der Waals surface area (Å²) in [5, 5.41) is 0. The Bertz CT molecular complexity index is 732. The summed E-state index contributed by atoms with van der Waals surface area (Å²) in [6.45, 7) is 2.27. The van der Waals surface area contributed by atoms with Crippen LogP contribution < -0.4 is 4.74 Å². The molecule has 0 spiro atoms. The van der Waals surface area contributed by atoms with Gasteiger partial charge in [-0.05, 0) is 36.1 Å². The molecule has 6 heteroatoms. The van der Waals surface area contributed by atoms with Crippen molar-refractivity contribution in [3.05, 3.63) is 72.0 Å². The highest BCUT2D eigenvalue weighted by Crippen LogP contribution is 2.25. The van der Waals surface area contributed by atoms with Crippen LogP contribution in [0.2, 0.25) is 0 Å². The fraction of sp³-hybridized carbons (Fsp3) is 0.391. The molecular weight excluding hydrogens is 387 g/mol. The third kappa shape index (κ3) is 14.7. The highest BCUT2D eigenvalue weighted by atomic mass is 31.2. The van der Waals surface area contributed by atoms with Gasteiger partial charge < -0.3 is 19.4 Å². The molecule has 5 nitrogen and oxygen atoms in total. The van der Waals surface area contributed by atoms with Crippen LogP contribution >= 0.6 is 7.82 Å². The Balaban J connectivity index is 0.000000749. The molecule has 0 amide bonds. The third-order valence-electron chi connectivity index (χ3n) is 4.28. The van der Waals surface area contributed by atoms with E-state index >= 15 is 0 Å². The maximum Gasteiger partial charge on any atom is 0.466 e. The van der Waals surface area contributed by atoms with Crippen LogP contribution in [0.25, 0.3) is 6.08 Å². The van der Waals surface area contributed by atoms with Gasteiger partial charge in [0, 0.05) is 0 Å². The number of unbranched alkanes of at least 4 members (excludes halogenated alkanes) is 6. The normalized spacial score (nSPS) is 11.2. The van der Waals surface area contributed by atoms with Crippen LogP contribution in [0.15, 0.2) is 60.9 Å². The second-order valence-corrected chi connectivity index (χ2v) is 7.85. The van der Waals surface area contributed by atoms with Crippen molar-refractivity contribution < 1.29 is 24.0 Å². The lowest BCUT2D eigenvalue weighted by molar-refractivity contribution is 0.275. The van der Waals surface area contributed by atoms with Gasteiger partial charge in [-0.1, -0.05) is 94.0 Å². The van der Waals surface area contributed by atoms with E-state index in [9.17, 15) is 0 Å². The molecular formula is C23H33O5P. The van der Waals surface area contributed by atoms with E-state index in [2.05, 4.69) is 37.3 Å². The third-order valence-corrected chi connectivity index (χ3v) is 4.28. The first-order chi connectivity index (χ1) is 13.9. The number of benzene rings is 2. The molecule has 2 aromatic rings. The minimum atomic E-state index is -4.64. The van der Waals surface area contributed by atoms with Gasteiger partial charge in [-0.15, -0.1) is 0 Å². The lowest BCUT2D eigenvalue weighted by atomic mass is 10.0. The van der Waals surface area contributed by atoms with Gasteiger partial charge in [-0.2, -0.15) is 0 Å². The topological polar surface area (TPSA) is 87.0 Å². The molecule has 3 N–H and O–H groups in total. The van der Waals surface area contributed by atoms with Gasteiger partial charge in [0.05, 0.1) is 6.26 Å². The fourth-order valence-corrected chi connectivity index (χ4v) is 2.85. The van der Waals surface area contributed by atoms with Crippen LogP contribution in [0.1, 0.15) is 63.0 Å². The van der Waals surface area contributed by atoms with E-state index in [1.165, 1.54) is 50.5 Å². The predicted molar refractivity (Wildman–Crippen MR) is 119 cm³/mol. The lowest BCUT2D eigenvalue weighted by Crippen LogP contribution is -1.92. The molecule has 0 bridgehead atoms. The number of aryl methyl sites for hydroxylation is 1. The molecule has 0 aliphatic carbocycles. The van der Waals surface area contributed by atoms with Crippen LogP contribution in [0.4, 0.5) is 0 Å². The van der Waals surface area contributed by atoms with Gasteiger partial charge in [0.2, 0.25) is 0 Å². The predicted octanol–water partition coefficient (Wildman–Crippen LogP) is 6.10. The second-order valence-electron chi connectivity index (χ2n) is 6.82. The van der Waals surface area contributed by atoms with Crippen molar-refractivity contribution in [1.29, 1.82) is 0 Å². The molecule has 0 heterocycles. The Labute approximate surface area is 174 Å². The smallest absolute Gasteiger partial charge is 0.465 e. The molecule has 0 aromatic heterocycles. The number of phosphoric acid groups is 1. The van der Waals surface area contributed by atoms with Gasteiger partial charge in [-0.25, -0.2) is 4.57 Å². The Hall–Kier alpha value is -1.91. The van der Waals surface area contributed by atoms with E-state index in [0.29, 0.717) is 0 Å². The van der Waals surface area contributed by atoms with Crippen molar-refractivity contribution in [2.45, 2.75) is 58.3 Å². The molecule has 0 aliphatic heterocycles. The highest BCUT2D eigenvalue weighted by molar-refractivity contribution is 7.45. The maximum atomic E-state index is 8.88. The number of hydrogen-bond donors (Lipinski definition) is 3. The minimum Gasteiger partial charge on any atom is -0.465 e. The first-order valence-electron chi connectivity index (χ1n) is 10.1. The molecule has 0 saturated heterocycles. The zero-order valence-corrected chi connectivity index (χ0v) is 18.0. The van der Waals surface area contributed by atoms with Gasteiger partial charge >= 0.3 is 7.82 Å². The minimum absolute atomic E-state index is 0.982. The van der Waals surface area contributed by atoms with E-state index in [1.54, 1.807) is 6.26 Å². The summed E-state index contributed by atoms with van der Waals surface area (Å²) in [6, 6.07) is 18.6. The Morgan fingerprint density at radius 1 is 0.828 bits per heavy atom. The monoisotopic (exact) mass is 420 g/mol. The molecule has 0 aliphatic rings. The van der Waals surface area contributed by atoms with E-state index in [-0.39, 0.29) is 0 Å². The summed E-state index contributed by atoms with van der Waals surface area (Å²) >= 11 is 0. The summed E-state index contributed by atoms with van der Waals surface area (Å²) in [5.74, 6) is 0.982. The summed E-state index contributed by atoms with van der Waals surface area (Å²) in [7, 11) is -4.64. The Kier molecular flexibility index (Phi) is 13.0. The molecule has 0 saturated carbocycles. The summed E-state index contributed by atoms with van der Waals surface area (Å²) in [6.07, 6.45) is 14.3. The summed E-state index contributed by atoms with van der Waals surface area (Å²) in [5.41, 5.74) is 2.46. The molecule has 29 heavy (non-hydrogen) atoms. The quantitative estimate of drug-likeness (QED) is 0.232. The van der Waals surface area contributed by atoms with Crippen LogP contribution in [-0.4, -0.2) is 14.7 Å². The molecule has 0 atom stereocenters. The Morgan fingerprint density at radius 3 is 2.03 bits per heavy atom. The van der Waals surface area contributed by atoms with Crippen molar-refractivity contribution in [1.82, 2.24) is 0 Å². The molecule has 0 fully saturated rings. The highest BCUT2D eigenvalue weighted by Gasteiger charge is 2.02. The van der Waals surface area contributed by atoms with Crippen molar-refractivity contribution in [3.63, 3.8) is 0 Å². The van der Waals surface area contributed by atoms with Crippen molar-refractivity contribution in [2.24, 2.45) is 0 Å². The summed E-state index contributed by atoms with van der Waals surface area (Å²) < 4.78 is 14.8. The maximum absolute atomic E-state index is 8.88. The molecule has 0 radical (unpaired) electrons. The first kappa shape index (κ1) is 25.1. The molecule has 0 unspecified atom stereocenters. The van der Waals surface area contributed by atoms with Crippen molar-refractivity contribution >= 4 is 13.9 Å². The number of rotatable bonds is 11. The van der Waals surface area contributed by atoms with Gasteiger partial charge in [0.1, 0.15) is 5.75 Å². The number of ether oxygens (including phenoxy) is 1. The van der Waals surface area contributed by atoms with Crippen LogP contribution in [0.3, 0.4) is 0 Å². The Morgan fingerprint density at radius 2 is 1.38 bits per heavy atom. The van der Waals surface area contributed by atoms with Gasteiger partial charge in [-0.3, -0.25) is 0 Å². The first-order valence-corrected chi connectivity index (χ1v) is 11.7. The van der Waals surface area contributed by atoms with Crippen molar-refractivity contribution in [3.8, 4) is 5.75 Å². The zero-order valence-electron chi connectivity index (χ0n) is 17.1. The lowest BCUT2D eigenvalue weighted by Gasteiger charge is -2.08. The average Bonchev–Trinajstić information content (AvgIpc) is 2.68. The van der Waals surface area contributed by atoms with Crippen LogP contribution in [0, 0.1) is 0 Å². The fourth-order valence-electron chi connectivity index (χ4n) is 2.85. The number of hydrogen-bond acceptors (Lipinski definition) is 2. The van der Waals surface area contributed by atoms with E-state index in [4.69, 9.17) is 24.0 Å². The van der Waals surface area contributed by atoms with Gasteiger partial charge in [0.15, 0.2) is 0 Å². The van der Waals surface area contributed by atoms with Crippen molar-refractivity contribution in [2.75, 3.05) is 0 Å². The zero-order chi connectivity index (χ0) is 21.4. The van der Waals surface area contributed by atoms with Crippen LogP contribution in [-0.2, 0) is 11.0 Å². The van der Waals surface area contributed by atoms with Gasteiger partial charge in [0.25, 0.3) is 0 Å². The number of para-hydroxylation sites is 1. The molecule has 2 aromatic carbocycles. The average molecular weight is 420 g/mol. The second kappa shape index (κ2) is 15.0. The standard InChI is InChI=1S/C23H30O.H3O4P/c1-2-3-4-5-6-7-11-16-22-17-12-13-18-23(22)24-20-19-21-14-9-8-10-15-21;1-5(2,3)4/h8-10,12-15,17-20H,2-7,11,16H2,1H3;(H3,1,2,3,4). The summed E-state index contributed by atoms with van der Waals surface area (Å²) in [4.78, 5) is 21.6. The molecule has 2 rings (SSSR count). The van der Waals surface area contributed by atoms with E-state index in [1.807, 2.05) is 30.3 Å². The SMILES string of the molecule is CCCCCCCCCc1ccccc1OC=Cc1ccccc1.O=P(O)(O)O. The van der Waals surface area contributed by atoms with Crippen LogP contribution in [0.5, 0.6) is 5.75 Å². The van der Waals surface area contributed by atoms with E-state index < -0.39 is 7.82 Å². The largest absolute Gasteiger partial charge is 0.466 e.